The highest BCUT2D eigenvalue weighted by Gasteiger charge is 2.25. The van der Waals surface area contributed by atoms with E-state index in [-0.39, 0.29) is 22.5 Å². The minimum absolute atomic E-state index is 0.143. The summed E-state index contributed by atoms with van der Waals surface area (Å²) in [6, 6.07) is 7.62. The Morgan fingerprint density at radius 1 is 1.14 bits per heavy atom. The number of benzene rings is 1. The minimum atomic E-state index is -3.54. The van der Waals surface area contributed by atoms with Crippen LogP contribution in [0.15, 0.2) is 44.1 Å². The average molecular weight is 552 g/mol. The van der Waals surface area contributed by atoms with Crippen molar-refractivity contribution in [2.75, 3.05) is 56.2 Å². The van der Waals surface area contributed by atoms with Crippen molar-refractivity contribution in [1.82, 2.24) is 24.6 Å². The number of hydrogen-bond donors (Lipinski definition) is 1. The van der Waals surface area contributed by atoms with Crippen LogP contribution >= 0.6 is 23.1 Å². The van der Waals surface area contributed by atoms with Gasteiger partial charge in [-0.05, 0) is 31.2 Å². The Bertz CT molecular complexity index is 1330. The van der Waals surface area contributed by atoms with Crippen LogP contribution in [0.4, 0.5) is 10.9 Å². The molecule has 3 aromatic rings. The Labute approximate surface area is 216 Å². The van der Waals surface area contributed by atoms with Crippen LogP contribution < -0.4 is 10.2 Å². The van der Waals surface area contributed by atoms with Crippen LogP contribution in [0.5, 0.6) is 0 Å². The molecule has 192 valence electrons. The molecule has 15 heteroatoms. The molecule has 1 saturated heterocycles. The van der Waals surface area contributed by atoms with Crippen molar-refractivity contribution in [1.29, 1.82) is 0 Å². The van der Waals surface area contributed by atoms with Crippen molar-refractivity contribution in [2.24, 2.45) is 0 Å². The Morgan fingerprint density at radius 3 is 2.44 bits per heavy atom. The number of nitrogens with zero attached hydrogens (tertiary/aromatic N) is 6. The van der Waals surface area contributed by atoms with E-state index in [1.807, 2.05) is 0 Å². The summed E-state index contributed by atoms with van der Waals surface area (Å²) < 4.78 is 31.2. The summed E-state index contributed by atoms with van der Waals surface area (Å²) in [6.45, 7) is 3.92. The average Bonchev–Trinajstić information content (AvgIpc) is 3.51. The van der Waals surface area contributed by atoms with Gasteiger partial charge in [-0.25, -0.2) is 12.7 Å². The number of piperazine rings is 1. The molecule has 0 spiro atoms. The van der Waals surface area contributed by atoms with Gasteiger partial charge < -0.3 is 19.6 Å². The number of rotatable bonds is 8. The number of carbonyl (C=O) groups is 2. The van der Waals surface area contributed by atoms with E-state index in [0.717, 1.165) is 9.44 Å². The maximum atomic E-state index is 12.9. The molecule has 3 heterocycles. The van der Waals surface area contributed by atoms with Gasteiger partial charge in [-0.15, -0.1) is 10.2 Å². The van der Waals surface area contributed by atoms with Crippen LogP contribution in [0.25, 0.3) is 0 Å². The molecule has 0 atom stereocenters. The van der Waals surface area contributed by atoms with Crippen molar-refractivity contribution in [3.8, 4) is 0 Å². The molecule has 0 radical (unpaired) electrons. The van der Waals surface area contributed by atoms with Gasteiger partial charge in [-0.2, -0.15) is 0 Å². The topological polar surface area (TPSA) is 142 Å². The number of hydrogen-bond acceptors (Lipinski definition) is 11. The Hall–Kier alpha value is -3.01. The van der Waals surface area contributed by atoms with Crippen LogP contribution in [0.1, 0.15) is 16.1 Å². The number of aromatic nitrogens is 3. The number of sulfonamides is 1. The first kappa shape index (κ1) is 26.1. The van der Waals surface area contributed by atoms with Crippen LogP contribution in [-0.4, -0.2) is 90.8 Å². The maximum absolute atomic E-state index is 12.9. The van der Waals surface area contributed by atoms with Gasteiger partial charge in [0.25, 0.3) is 5.91 Å². The molecule has 0 bridgehead atoms. The summed E-state index contributed by atoms with van der Waals surface area (Å²) in [5.41, 5.74) is 0.440. The summed E-state index contributed by atoms with van der Waals surface area (Å²) >= 11 is 2.68. The molecular formula is C21H25N7O5S3. The van der Waals surface area contributed by atoms with Gasteiger partial charge in [0.1, 0.15) is 5.76 Å². The second kappa shape index (κ2) is 10.9. The molecule has 0 aliphatic carbocycles. The van der Waals surface area contributed by atoms with Crippen LogP contribution in [0.2, 0.25) is 0 Å². The number of nitrogens with one attached hydrogen (secondary N) is 1. The lowest BCUT2D eigenvalue weighted by Gasteiger charge is -2.34. The number of carbonyl (C=O) groups excluding carboxylic acids is 2. The zero-order chi connectivity index (χ0) is 25.9. The highest BCUT2D eigenvalue weighted by atomic mass is 32.2. The van der Waals surface area contributed by atoms with E-state index >= 15 is 0 Å². The molecule has 36 heavy (non-hydrogen) atoms. The van der Waals surface area contributed by atoms with Gasteiger partial charge in [0.05, 0.1) is 10.6 Å². The standard InChI is InChI=1S/C21H25N7O5S3/c1-14-12-17(25-33-14)22-18(29)13-34-21-24-23-20(35-21)28-10-8-27(9-11-28)19(30)15-4-6-16(7-5-15)36(31,32)26(2)3/h4-7,12H,8-11,13H2,1-3H3,(H,22,25,29). The highest BCUT2D eigenvalue weighted by molar-refractivity contribution is 8.01. The monoisotopic (exact) mass is 551 g/mol. The Morgan fingerprint density at radius 2 is 1.83 bits per heavy atom. The number of amides is 2. The number of thioether (sulfide) groups is 1. The molecule has 2 amide bonds. The lowest BCUT2D eigenvalue weighted by Crippen LogP contribution is -2.48. The van der Waals surface area contributed by atoms with Crippen LogP contribution in [0, 0.1) is 6.92 Å². The summed E-state index contributed by atoms with van der Waals surface area (Å²) in [6.07, 6.45) is 0. The second-order valence-electron chi connectivity index (χ2n) is 8.10. The van der Waals surface area contributed by atoms with Gasteiger partial charge in [0, 0.05) is 51.9 Å². The third-order valence-electron chi connectivity index (χ3n) is 5.34. The molecule has 1 aliphatic heterocycles. The largest absolute Gasteiger partial charge is 0.360 e. The van der Waals surface area contributed by atoms with E-state index in [1.54, 1.807) is 30.0 Å². The van der Waals surface area contributed by atoms with E-state index in [4.69, 9.17) is 4.52 Å². The molecule has 4 rings (SSSR count). The third-order valence-corrected chi connectivity index (χ3v) is 9.28. The molecular weight excluding hydrogens is 526 g/mol. The highest BCUT2D eigenvalue weighted by Crippen LogP contribution is 2.29. The summed E-state index contributed by atoms with van der Waals surface area (Å²) in [7, 11) is -0.616. The van der Waals surface area contributed by atoms with Crippen LogP contribution in [-0.2, 0) is 14.8 Å². The van der Waals surface area contributed by atoms with E-state index in [1.165, 1.54) is 49.3 Å². The fraction of sp³-hybridized carbons (Fsp3) is 0.381. The van der Waals surface area contributed by atoms with Crippen molar-refractivity contribution < 1.29 is 22.5 Å². The van der Waals surface area contributed by atoms with Gasteiger partial charge in [-0.1, -0.05) is 28.3 Å². The molecule has 1 fully saturated rings. The second-order valence-corrected chi connectivity index (χ2v) is 12.4. The zero-order valence-corrected chi connectivity index (χ0v) is 22.3. The molecule has 0 saturated carbocycles. The molecule has 1 aromatic carbocycles. The van der Waals surface area contributed by atoms with Gasteiger partial charge in [0.15, 0.2) is 10.2 Å². The predicted octanol–water partition coefficient (Wildman–Crippen LogP) is 1.78. The fourth-order valence-electron chi connectivity index (χ4n) is 3.38. The van der Waals surface area contributed by atoms with Crippen molar-refractivity contribution in [2.45, 2.75) is 16.2 Å². The van der Waals surface area contributed by atoms with Crippen molar-refractivity contribution in [3.05, 3.63) is 41.7 Å². The maximum Gasteiger partial charge on any atom is 0.253 e. The SMILES string of the molecule is Cc1cc(NC(=O)CSc2nnc(N3CCN(C(=O)c4ccc(S(=O)(=O)N(C)C)cc4)CC3)s2)no1. The Kier molecular flexibility index (Phi) is 7.92. The third kappa shape index (κ3) is 6.03. The molecule has 0 unspecified atom stereocenters. The van der Waals surface area contributed by atoms with E-state index < -0.39 is 10.0 Å². The Balaban J connectivity index is 1.27. The van der Waals surface area contributed by atoms with Crippen molar-refractivity contribution in [3.63, 3.8) is 0 Å². The first-order valence-electron chi connectivity index (χ1n) is 10.9. The van der Waals surface area contributed by atoms with Gasteiger partial charge in [-0.3, -0.25) is 9.59 Å². The van der Waals surface area contributed by atoms with Gasteiger partial charge >= 0.3 is 0 Å². The summed E-state index contributed by atoms with van der Waals surface area (Å²) in [5.74, 6) is 0.784. The first-order chi connectivity index (χ1) is 17.1. The number of anilines is 2. The smallest absolute Gasteiger partial charge is 0.253 e. The summed E-state index contributed by atoms with van der Waals surface area (Å²) in [5, 5.41) is 15.5. The molecule has 12 nitrogen and oxygen atoms in total. The normalized spacial score (nSPS) is 14.3. The lowest BCUT2D eigenvalue weighted by atomic mass is 10.2. The minimum Gasteiger partial charge on any atom is -0.360 e. The van der Waals surface area contributed by atoms with Crippen molar-refractivity contribution >= 4 is 55.9 Å². The van der Waals surface area contributed by atoms with Gasteiger partial charge in [0.2, 0.25) is 21.1 Å². The predicted molar refractivity (Wildman–Crippen MR) is 136 cm³/mol. The lowest BCUT2D eigenvalue weighted by molar-refractivity contribution is -0.113. The summed E-state index contributed by atoms with van der Waals surface area (Å²) in [4.78, 5) is 28.9. The fourth-order valence-corrected chi connectivity index (χ4v) is 5.98. The van der Waals surface area contributed by atoms with E-state index in [0.29, 0.717) is 47.7 Å². The van der Waals surface area contributed by atoms with E-state index in [9.17, 15) is 18.0 Å². The molecule has 1 N–H and O–H groups in total. The van der Waals surface area contributed by atoms with Crippen LogP contribution in [0.3, 0.4) is 0 Å². The number of aryl methyl sites for hydroxylation is 1. The quantitative estimate of drug-likeness (QED) is 0.412. The molecule has 2 aromatic heterocycles. The zero-order valence-electron chi connectivity index (χ0n) is 19.9. The molecule has 1 aliphatic rings. The first-order valence-corrected chi connectivity index (χ1v) is 14.1. The van der Waals surface area contributed by atoms with E-state index in [2.05, 4.69) is 25.6 Å².